The van der Waals surface area contributed by atoms with E-state index in [0.717, 1.165) is 48.2 Å². The van der Waals surface area contributed by atoms with Crippen molar-refractivity contribution in [3.8, 4) is 17.2 Å². The predicted molar refractivity (Wildman–Crippen MR) is 175 cm³/mol. The molecule has 1 aliphatic carbocycles. The first-order valence-electron chi connectivity index (χ1n) is 15.8. The Bertz CT molecular complexity index is 1870. The number of nitrogens with zero attached hydrogens (tertiary/aromatic N) is 11. The van der Waals surface area contributed by atoms with Gasteiger partial charge in [-0.2, -0.15) is 20.4 Å². The summed E-state index contributed by atoms with van der Waals surface area (Å²) in [5, 5.41) is 24.9. The molecule has 1 aromatic carbocycles. The highest BCUT2D eigenvalue weighted by Gasteiger charge is 2.31. The minimum Gasteiger partial charge on any atom is -0.351 e. The molecular formula is C33H35N13O. The zero-order valence-corrected chi connectivity index (χ0v) is 26.1. The lowest BCUT2D eigenvalue weighted by molar-refractivity contribution is 0.240. The van der Waals surface area contributed by atoms with E-state index >= 15 is 0 Å². The van der Waals surface area contributed by atoms with Crippen LogP contribution in [0.15, 0.2) is 73.6 Å². The molecule has 0 bridgehead atoms. The van der Waals surface area contributed by atoms with Crippen LogP contribution in [0.1, 0.15) is 42.6 Å². The van der Waals surface area contributed by atoms with Crippen LogP contribution < -0.4 is 20.4 Å². The molecule has 47 heavy (non-hydrogen) atoms. The predicted octanol–water partition coefficient (Wildman–Crippen LogP) is 3.89. The molecule has 2 N–H and O–H groups in total. The van der Waals surface area contributed by atoms with Crippen LogP contribution in [0.25, 0.3) is 11.1 Å². The molecule has 1 aliphatic heterocycles. The lowest BCUT2D eigenvalue weighted by Crippen LogP contribution is -2.49. The zero-order chi connectivity index (χ0) is 32.2. The van der Waals surface area contributed by atoms with Crippen LogP contribution >= 0.6 is 0 Å². The molecule has 1 saturated carbocycles. The van der Waals surface area contributed by atoms with E-state index in [9.17, 15) is 10.1 Å². The number of anilines is 3. The molecule has 7 rings (SSSR count). The third kappa shape index (κ3) is 6.60. The van der Waals surface area contributed by atoms with E-state index in [0.29, 0.717) is 49.3 Å². The van der Waals surface area contributed by atoms with Gasteiger partial charge in [0.15, 0.2) is 5.82 Å². The van der Waals surface area contributed by atoms with Gasteiger partial charge in [0, 0.05) is 55.7 Å². The number of nitriles is 1. The van der Waals surface area contributed by atoms with Crippen LogP contribution in [-0.2, 0) is 26.7 Å². The van der Waals surface area contributed by atoms with E-state index in [1.54, 1.807) is 34.5 Å². The van der Waals surface area contributed by atoms with Gasteiger partial charge in [0.1, 0.15) is 29.6 Å². The number of amides is 2. The minimum absolute atomic E-state index is 0.0382. The van der Waals surface area contributed by atoms with Gasteiger partial charge >= 0.3 is 6.03 Å². The van der Waals surface area contributed by atoms with E-state index < -0.39 is 0 Å². The number of aromatic nitrogens is 8. The average Bonchev–Trinajstić information content (AvgIpc) is 3.77. The molecule has 2 amide bonds. The highest BCUT2D eigenvalue weighted by molar-refractivity contribution is 5.91. The number of aryl methyl sites for hydroxylation is 1. The van der Waals surface area contributed by atoms with E-state index in [1.165, 1.54) is 0 Å². The van der Waals surface area contributed by atoms with Crippen molar-refractivity contribution >= 4 is 23.6 Å². The number of pyridine rings is 1. The van der Waals surface area contributed by atoms with Crippen molar-refractivity contribution in [2.24, 2.45) is 7.05 Å². The third-order valence-corrected chi connectivity index (χ3v) is 8.73. The molecule has 0 saturated heterocycles. The molecule has 14 heteroatoms. The summed E-state index contributed by atoms with van der Waals surface area (Å²) in [6.45, 7) is 2.30. The fourth-order valence-corrected chi connectivity index (χ4v) is 6.25. The Morgan fingerprint density at radius 2 is 1.83 bits per heavy atom. The Morgan fingerprint density at radius 1 is 0.979 bits per heavy atom. The van der Waals surface area contributed by atoms with Gasteiger partial charge in [-0.3, -0.25) is 9.58 Å². The number of hydrogen-bond acceptors (Lipinski definition) is 10. The van der Waals surface area contributed by atoms with Gasteiger partial charge in [-0.15, -0.1) is 0 Å². The van der Waals surface area contributed by atoms with Crippen LogP contribution in [0.4, 0.5) is 22.4 Å². The number of urea groups is 1. The summed E-state index contributed by atoms with van der Waals surface area (Å²) in [4.78, 5) is 35.9. The van der Waals surface area contributed by atoms with Crippen LogP contribution in [0.3, 0.4) is 0 Å². The summed E-state index contributed by atoms with van der Waals surface area (Å²) in [7, 11) is 1.88. The Balaban J connectivity index is 1.04. The van der Waals surface area contributed by atoms with Gasteiger partial charge in [0.25, 0.3) is 0 Å². The Labute approximate surface area is 272 Å². The van der Waals surface area contributed by atoms with Crippen molar-refractivity contribution in [3.63, 3.8) is 0 Å². The number of carbonyl (C=O) groups excluding carboxylic acids is 1. The number of rotatable bonds is 8. The number of benzene rings is 1. The molecule has 2 aliphatic rings. The third-order valence-electron chi connectivity index (χ3n) is 8.73. The molecule has 0 radical (unpaired) electrons. The quantitative estimate of drug-likeness (QED) is 0.258. The number of hydrogen-bond donors (Lipinski definition) is 2. The van der Waals surface area contributed by atoms with Crippen molar-refractivity contribution in [3.05, 3.63) is 90.5 Å². The van der Waals surface area contributed by atoms with Gasteiger partial charge in [-0.1, -0.05) is 30.3 Å². The molecule has 0 unspecified atom stereocenters. The molecule has 14 nitrogen and oxygen atoms in total. The topological polar surface area (TPSA) is 159 Å². The second-order valence-corrected chi connectivity index (χ2v) is 11.8. The fraction of sp³-hybridized carbons (Fsp3) is 0.333. The smallest absolute Gasteiger partial charge is 0.323 e. The van der Waals surface area contributed by atoms with E-state index in [1.807, 2.05) is 65.3 Å². The van der Waals surface area contributed by atoms with Gasteiger partial charge in [-0.05, 0) is 43.4 Å². The number of fused-ring (bicyclic) bond motifs is 1. The maximum Gasteiger partial charge on any atom is 0.323 e. The Kier molecular flexibility index (Phi) is 8.42. The lowest BCUT2D eigenvalue weighted by atomic mass is 9.90. The summed E-state index contributed by atoms with van der Waals surface area (Å²) < 4.78 is 3.63. The molecule has 1 fully saturated rings. The van der Waals surface area contributed by atoms with Crippen LogP contribution in [0.5, 0.6) is 0 Å². The second kappa shape index (κ2) is 13.3. The SMILES string of the molecule is Cn1cc(-c2ccc(N(C(=O)NCc3ccccc3)C3CCC(Nc4ncc(C#N)c(N5CCn6ncnc6C5)n4)CC3)nc2)cn1. The maximum absolute atomic E-state index is 13.7. The Hall–Kier alpha value is -5.84. The normalized spacial score (nSPS) is 17.4. The highest BCUT2D eigenvalue weighted by Crippen LogP contribution is 2.30. The number of nitrogens with one attached hydrogen (secondary N) is 2. The van der Waals surface area contributed by atoms with Crippen molar-refractivity contribution in [2.75, 3.05) is 21.7 Å². The van der Waals surface area contributed by atoms with Crippen LogP contribution in [0, 0.1) is 11.3 Å². The first kappa shape index (κ1) is 29.8. The van der Waals surface area contributed by atoms with Gasteiger partial charge in [-0.25, -0.2) is 24.4 Å². The minimum atomic E-state index is -0.177. The van der Waals surface area contributed by atoms with Crippen LogP contribution in [0.2, 0.25) is 0 Å². The summed E-state index contributed by atoms with van der Waals surface area (Å²) in [6, 6.07) is 15.9. The first-order valence-corrected chi connectivity index (χ1v) is 15.8. The van der Waals surface area contributed by atoms with Crippen molar-refractivity contribution in [1.82, 2.24) is 44.8 Å². The summed E-state index contributed by atoms with van der Waals surface area (Å²) in [5.41, 5.74) is 3.36. The van der Waals surface area contributed by atoms with Crippen LogP contribution in [-0.4, -0.2) is 64.2 Å². The van der Waals surface area contributed by atoms with Crippen molar-refractivity contribution < 1.29 is 4.79 Å². The molecular weight excluding hydrogens is 594 g/mol. The van der Waals surface area contributed by atoms with Crippen molar-refractivity contribution in [1.29, 1.82) is 5.26 Å². The van der Waals surface area contributed by atoms with Gasteiger partial charge < -0.3 is 15.5 Å². The average molecular weight is 630 g/mol. The zero-order valence-electron chi connectivity index (χ0n) is 26.1. The Morgan fingerprint density at radius 3 is 2.57 bits per heavy atom. The highest BCUT2D eigenvalue weighted by atomic mass is 16.2. The molecule has 5 aromatic rings. The summed E-state index contributed by atoms with van der Waals surface area (Å²) in [6.07, 6.45) is 11.8. The summed E-state index contributed by atoms with van der Waals surface area (Å²) >= 11 is 0. The van der Waals surface area contributed by atoms with Gasteiger partial charge in [0.05, 0.1) is 25.5 Å². The molecule has 0 atom stereocenters. The molecule has 0 spiro atoms. The molecule has 4 aromatic heterocycles. The van der Waals surface area contributed by atoms with Gasteiger partial charge in [0.2, 0.25) is 5.95 Å². The monoisotopic (exact) mass is 629 g/mol. The summed E-state index contributed by atoms with van der Waals surface area (Å²) in [5.74, 6) is 2.52. The maximum atomic E-state index is 13.7. The number of carbonyl (C=O) groups is 1. The van der Waals surface area contributed by atoms with E-state index in [2.05, 4.69) is 36.9 Å². The van der Waals surface area contributed by atoms with E-state index in [-0.39, 0.29) is 18.1 Å². The van der Waals surface area contributed by atoms with E-state index in [4.69, 9.17) is 9.97 Å². The lowest BCUT2D eigenvalue weighted by Gasteiger charge is -2.36. The standard InChI is InChI=1S/C33H35N13O/c1-43-20-26(19-39-43)24-7-12-29(35-17-24)46(33(47)37-16-23-5-3-2-4-6-23)28-10-8-27(9-11-28)41-32-36-18-25(15-34)31(42-32)44-13-14-45-30(21-44)38-22-40-45/h2-7,12,17-20,22,27-28H,8-11,13-14,16,21H2,1H3,(H,37,47)(H,36,41,42). The first-order chi connectivity index (χ1) is 23.0. The second-order valence-electron chi connectivity index (χ2n) is 11.8. The van der Waals surface area contributed by atoms with Crippen molar-refractivity contribution in [2.45, 2.75) is 57.4 Å². The molecule has 5 heterocycles. The molecule has 238 valence electrons. The largest absolute Gasteiger partial charge is 0.351 e. The fourth-order valence-electron chi connectivity index (χ4n) is 6.25.